The van der Waals surface area contributed by atoms with Gasteiger partial charge in [-0.25, -0.2) is 4.98 Å². The van der Waals surface area contributed by atoms with Gasteiger partial charge in [0.25, 0.3) is 5.91 Å². The second-order valence-electron chi connectivity index (χ2n) is 9.62. The van der Waals surface area contributed by atoms with Crippen LogP contribution in [0.3, 0.4) is 0 Å². The number of amides is 2. The van der Waals surface area contributed by atoms with Crippen LogP contribution in [-0.4, -0.2) is 45.9 Å². The van der Waals surface area contributed by atoms with Gasteiger partial charge in [-0.2, -0.15) is 0 Å². The number of piperidine rings is 1. The summed E-state index contributed by atoms with van der Waals surface area (Å²) in [7, 11) is 0. The monoisotopic (exact) mass is 462 g/mol. The fourth-order valence-electron chi connectivity index (χ4n) is 5.29. The quantitative estimate of drug-likeness (QED) is 0.658. The van der Waals surface area contributed by atoms with Crippen molar-refractivity contribution in [3.8, 4) is 0 Å². The predicted octanol–water partition coefficient (Wildman–Crippen LogP) is 4.01. The number of ether oxygens (including phenoxy) is 1. The maximum Gasteiger partial charge on any atom is 0.274 e. The molecule has 180 valence electrons. The number of benzene rings is 1. The highest BCUT2D eigenvalue weighted by atomic mass is 16.5. The van der Waals surface area contributed by atoms with Crippen LogP contribution in [0.15, 0.2) is 48.3 Å². The summed E-state index contributed by atoms with van der Waals surface area (Å²) in [5, 5.41) is 3.11. The molecule has 1 saturated heterocycles. The number of carbonyl (C=O) groups excluding carboxylic acids is 2. The Morgan fingerprint density at radius 1 is 1.12 bits per heavy atom. The molecule has 1 fully saturated rings. The van der Waals surface area contributed by atoms with Gasteiger partial charge >= 0.3 is 0 Å². The van der Waals surface area contributed by atoms with E-state index in [-0.39, 0.29) is 23.8 Å². The van der Waals surface area contributed by atoms with Crippen LogP contribution in [0.4, 0.5) is 0 Å². The van der Waals surface area contributed by atoms with Gasteiger partial charge in [-0.15, -0.1) is 0 Å². The predicted molar refractivity (Wildman–Crippen MR) is 129 cm³/mol. The summed E-state index contributed by atoms with van der Waals surface area (Å²) >= 11 is 0. The normalized spacial score (nSPS) is 21.0. The molecule has 0 radical (unpaired) electrons. The Hall–Kier alpha value is -2.93. The number of carbonyl (C=O) groups is 2. The molecule has 1 atom stereocenters. The Morgan fingerprint density at radius 3 is 2.71 bits per heavy atom. The first kappa shape index (κ1) is 22.8. The minimum atomic E-state index is -0.0568. The maximum absolute atomic E-state index is 13.2. The minimum absolute atomic E-state index is 0.0183. The molecule has 34 heavy (non-hydrogen) atoms. The summed E-state index contributed by atoms with van der Waals surface area (Å²) in [5.74, 6) is 0.0529. The Bertz CT molecular complexity index is 1040. The van der Waals surface area contributed by atoms with Crippen LogP contribution in [0.5, 0.6) is 0 Å². The molecule has 3 heterocycles. The molecule has 1 aromatic carbocycles. The van der Waals surface area contributed by atoms with E-state index in [0.717, 1.165) is 17.7 Å². The summed E-state index contributed by atoms with van der Waals surface area (Å²) in [6, 6.07) is 10.1. The van der Waals surface area contributed by atoms with Gasteiger partial charge in [-0.05, 0) is 50.5 Å². The highest BCUT2D eigenvalue weighted by Gasteiger charge is 2.32. The van der Waals surface area contributed by atoms with Crippen LogP contribution in [0, 0.1) is 5.92 Å². The highest BCUT2D eigenvalue weighted by molar-refractivity contribution is 5.93. The molecular formula is C27H34N4O3. The van der Waals surface area contributed by atoms with Gasteiger partial charge in [-0.1, -0.05) is 42.0 Å². The molecule has 3 aliphatic rings. The Labute approximate surface area is 201 Å². The first-order valence-electron chi connectivity index (χ1n) is 12.6. The molecule has 1 aromatic heterocycles. The van der Waals surface area contributed by atoms with Gasteiger partial charge in [0.1, 0.15) is 6.10 Å². The van der Waals surface area contributed by atoms with E-state index in [4.69, 9.17) is 4.74 Å². The number of aromatic nitrogens is 2. The first-order chi connectivity index (χ1) is 16.7. The van der Waals surface area contributed by atoms with E-state index in [1.165, 1.54) is 31.3 Å². The van der Waals surface area contributed by atoms with Gasteiger partial charge in [0.05, 0.1) is 25.2 Å². The van der Waals surface area contributed by atoms with Crippen LogP contribution in [-0.2, 0) is 22.7 Å². The lowest BCUT2D eigenvalue weighted by Gasteiger charge is -2.31. The zero-order valence-corrected chi connectivity index (χ0v) is 19.7. The van der Waals surface area contributed by atoms with Crippen molar-refractivity contribution in [1.29, 1.82) is 0 Å². The molecule has 0 bridgehead atoms. The van der Waals surface area contributed by atoms with Crippen molar-refractivity contribution in [1.82, 2.24) is 19.8 Å². The molecule has 2 amide bonds. The number of fused-ring (bicyclic) bond motifs is 1. The van der Waals surface area contributed by atoms with E-state index in [9.17, 15) is 9.59 Å². The third-order valence-electron chi connectivity index (χ3n) is 7.39. The fraction of sp³-hybridized carbons (Fsp3) is 0.519. The van der Waals surface area contributed by atoms with Crippen molar-refractivity contribution >= 4 is 11.8 Å². The molecule has 7 heteroatoms. The van der Waals surface area contributed by atoms with E-state index in [0.29, 0.717) is 51.3 Å². The smallest absolute Gasteiger partial charge is 0.274 e. The standard InChI is InChI=1S/C27H34N4O3/c32-26(28-14-11-20-7-3-1-4-8-20)22-12-15-30(16-13-22)27(33)25-23-18-34-24(17-31(23)19-29-25)21-9-5-2-6-10-21/h2,5-7,9-10,19,22,24H,1,3-4,8,11-18H2,(H,28,32). The Morgan fingerprint density at radius 2 is 1.94 bits per heavy atom. The second kappa shape index (κ2) is 10.6. The number of likely N-dealkylation sites (tertiary alicyclic amines) is 1. The van der Waals surface area contributed by atoms with Crippen molar-refractivity contribution in [3.63, 3.8) is 0 Å². The molecule has 2 aliphatic heterocycles. The molecular weight excluding hydrogens is 428 g/mol. The van der Waals surface area contributed by atoms with Crippen molar-refractivity contribution in [2.45, 2.75) is 64.2 Å². The molecule has 5 rings (SSSR count). The topological polar surface area (TPSA) is 76.5 Å². The largest absolute Gasteiger partial charge is 0.365 e. The Balaban J connectivity index is 1.11. The van der Waals surface area contributed by atoms with Gasteiger partial charge < -0.3 is 19.5 Å². The second-order valence-corrected chi connectivity index (χ2v) is 9.62. The van der Waals surface area contributed by atoms with Gasteiger partial charge in [0.2, 0.25) is 5.91 Å². The fourth-order valence-corrected chi connectivity index (χ4v) is 5.29. The zero-order valence-electron chi connectivity index (χ0n) is 19.7. The minimum Gasteiger partial charge on any atom is -0.365 e. The molecule has 1 N–H and O–H groups in total. The van der Waals surface area contributed by atoms with E-state index in [1.54, 1.807) is 6.33 Å². The summed E-state index contributed by atoms with van der Waals surface area (Å²) in [6.45, 7) is 2.91. The molecule has 1 unspecified atom stereocenters. The van der Waals surface area contributed by atoms with Crippen LogP contribution in [0.2, 0.25) is 0 Å². The molecule has 0 saturated carbocycles. The maximum atomic E-state index is 13.2. The molecule has 1 aliphatic carbocycles. The average Bonchev–Trinajstić information content (AvgIpc) is 3.33. The zero-order chi connectivity index (χ0) is 23.3. The van der Waals surface area contributed by atoms with Gasteiger partial charge in [0.15, 0.2) is 5.69 Å². The number of imidazole rings is 1. The Kier molecular flexibility index (Phi) is 7.09. The van der Waals surface area contributed by atoms with E-state index in [2.05, 4.69) is 28.5 Å². The molecule has 0 spiro atoms. The van der Waals surface area contributed by atoms with E-state index >= 15 is 0 Å². The first-order valence-corrected chi connectivity index (χ1v) is 12.6. The van der Waals surface area contributed by atoms with Gasteiger partial charge in [0, 0.05) is 25.6 Å². The number of allylic oxidation sites excluding steroid dienone is 1. The van der Waals surface area contributed by atoms with E-state index in [1.807, 2.05) is 27.7 Å². The van der Waals surface area contributed by atoms with Crippen LogP contribution >= 0.6 is 0 Å². The third-order valence-corrected chi connectivity index (χ3v) is 7.39. The SMILES string of the molecule is O=C(NCCC1=CCCCC1)C1CCN(C(=O)c2ncn3c2COC(c2ccccc2)C3)CC1. The number of hydrogen-bond donors (Lipinski definition) is 1. The van der Waals surface area contributed by atoms with Crippen LogP contribution in [0.25, 0.3) is 0 Å². The van der Waals surface area contributed by atoms with Gasteiger partial charge in [-0.3, -0.25) is 9.59 Å². The van der Waals surface area contributed by atoms with Crippen LogP contribution in [0.1, 0.15) is 72.8 Å². The third kappa shape index (κ3) is 5.09. The molecule has 2 aromatic rings. The summed E-state index contributed by atoms with van der Waals surface area (Å²) in [4.78, 5) is 32.1. The van der Waals surface area contributed by atoms with Crippen LogP contribution < -0.4 is 5.32 Å². The number of nitrogens with zero attached hydrogens (tertiary/aromatic N) is 3. The summed E-state index contributed by atoms with van der Waals surface area (Å²) in [5.41, 5.74) is 3.93. The number of rotatable bonds is 6. The van der Waals surface area contributed by atoms with Crippen molar-refractivity contribution < 1.29 is 14.3 Å². The van der Waals surface area contributed by atoms with Crippen molar-refractivity contribution in [2.75, 3.05) is 19.6 Å². The number of nitrogens with one attached hydrogen (secondary N) is 1. The number of hydrogen-bond acceptors (Lipinski definition) is 4. The summed E-state index contributed by atoms with van der Waals surface area (Å²) < 4.78 is 8.11. The lowest BCUT2D eigenvalue weighted by atomic mass is 9.95. The average molecular weight is 463 g/mol. The lowest BCUT2D eigenvalue weighted by molar-refractivity contribution is -0.126. The highest BCUT2D eigenvalue weighted by Crippen LogP contribution is 2.29. The summed E-state index contributed by atoms with van der Waals surface area (Å²) in [6.07, 6.45) is 11.3. The lowest BCUT2D eigenvalue weighted by Crippen LogP contribution is -2.43. The molecule has 7 nitrogen and oxygen atoms in total. The van der Waals surface area contributed by atoms with E-state index < -0.39 is 0 Å². The van der Waals surface area contributed by atoms with Crippen molar-refractivity contribution in [3.05, 3.63) is 65.3 Å². The van der Waals surface area contributed by atoms with Crippen molar-refractivity contribution in [2.24, 2.45) is 5.92 Å².